The summed E-state index contributed by atoms with van der Waals surface area (Å²) in [7, 11) is 0. The summed E-state index contributed by atoms with van der Waals surface area (Å²) in [6.07, 6.45) is 9.77. The molecule has 0 radical (unpaired) electrons. The predicted molar refractivity (Wildman–Crippen MR) is 138 cm³/mol. The molecule has 2 saturated heterocycles. The maximum atomic E-state index is 13.0. The molecule has 7 rings (SSSR count). The fourth-order valence-corrected chi connectivity index (χ4v) is 6.34. The summed E-state index contributed by atoms with van der Waals surface area (Å²) in [6.45, 7) is 0. The van der Waals surface area contributed by atoms with Gasteiger partial charge in [-0.05, 0) is 68.1 Å². The number of H-pyrrole nitrogens is 1. The Kier molecular flexibility index (Phi) is 4.94. The summed E-state index contributed by atoms with van der Waals surface area (Å²) in [5.74, 6) is -0.444. The third kappa shape index (κ3) is 3.32. The van der Waals surface area contributed by atoms with Crippen molar-refractivity contribution in [2.45, 2.75) is 31.9 Å². The van der Waals surface area contributed by atoms with Crippen LogP contribution in [0.2, 0.25) is 0 Å². The highest BCUT2D eigenvalue weighted by atomic mass is 16.3. The maximum absolute atomic E-state index is 13.0. The van der Waals surface area contributed by atoms with Crippen LogP contribution in [-0.2, 0) is 14.4 Å². The number of nitrogens with zero attached hydrogens (tertiary/aromatic N) is 3. The van der Waals surface area contributed by atoms with Gasteiger partial charge in [-0.15, -0.1) is 0 Å². The highest BCUT2D eigenvalue weighted by molar-refractivity contribution is 6.22. The van der Waals surface area contributed by atoms with Crippen molar-refractivity contribution in [3.63, 3.8) is 0 Å². The second kappa shape index (κ2) is 8.24. The normalized spacial score (nSPS) is 28.9. The van der Waals surface area contributed by atoms with Gasteiger partial charge in [-0.25, -0.2) is 4.98 Å². The minimum Gasteiger partial charge on any atom is -0.373 e. The Balaban J connectivity index is 1.15. The minimum atomic E-state index is -0.842. The Bertz CT molecular complexity index is 1480. The molecule has 2 N–H and O–H groups in total. The van der Waals surface area contributed by atoms with Crippen molar-refractivity contribution in [2.24, 2.45) is 23.7 Å². The summed E-state index contributed by atoms with van der Waals surface area (Å²) in [5, 5.41) is 10.9. The Morgan fingerprint density at radius 2 is 1.38 bits per heavy atom. The molecule has 3 heterocycles. The highest BCUT2D eigenvalue weighted by Gasteiger charge is 2.48. The number of aliphatic hydroxyl groups is 1. The van der Waals surface area contributed by atoms with Crippen molar-refractivity contribution in [3.8, 4) is 11.4 Å². The van der Waals surface area contributed by atoms with Gasteiger partial charge in [-0.1, -0.05) is 24.3 Å². The number of imide groups is 1. The number of nitrogens with one attached hydrogen (secondary N) is 1. The van der Waals surface area contributed by atoms with E-state index < -0.39 is 6.23 Å². The quantitative estimate of drug-likeness (QED) is 0.424. The van der Waals surface area contributed by atoms with E-state index in [4.69, 9.17) is 0 Å². The second-order valence-corrected chi connectivity index (χ2v) is 10.3. The number of aromatic nitrogens is 2. The molecule has 5 unspecified atom stereocenters. The van der Waals surface area contributed by atoms with Gasteiger partial charge in [0.1, 0.15) is 12.1 Å². The Morgan fingerprint density at radius 3 is 2.05 bits per heavy atom. The molecule has 0 spiro atoms. The lowest BCUT2D eigenvalue weighted by Crippen LogP contribution is -2.35. The Hall–Kier alpha value is -4.04. The third-order valence-corrected chi connectivity index (χ3v) is 8.33. The SMILES string of the molecule is O=C1C2CC=CCC2C(=O)N1c1ccc(-c2nc3ccc(N4C(=O)C5CC=CCC5C4O)cc3[nH]2)cc1. The standard InChI is InChI=1S/C29H26N4O4/c34-26-19-5-1-2-6-20(19)27(35)32(26)17-11-9-16(10-12-17)25-30-23-14-13-18(15-24(23)31-25)33-28(36)21-7-3-4-8-22(21)29(33)37/h1-4,9-15,19-22,28,36H,5-8H2,(H,30,31). The minimum absolute atomic E-state index is 0.0434. The van der Waals surface area contributed by atoms with Crippen LogP contribution >= 0.6 is 0 Å². The number of aromatic amines is 1. The molecule has 0 saturated carbocycles. The van der Waals surface area contributed by atoms with Crippen LogP contribution in [0.5, 0.6) is 0 Å². The number of carbonyl (C=O) groups excluding carboxylic acids is 3. The molecule has 8 nitrogen and oxygen atoms in total. The number of hydrogen-bond acceptors (Lipinski definition) is 5. The predicted octanol–water partition coefficient (Wildman–Crippen LogP) is 3.93. The fraction of sp³-hybridized carbons (Fsp3) is 0.310. The molecule has 4 aliphatic rings. The first-order valence-electron chi connectivity index (χ1n) is 12.8. The van der Waals surface area contributed by atoms with Crippen LogP contribution in [0, 0.1) is 23.7 Å². The van der Waals surface area contributed by atoms with E-state index in [1.807, 2.05) is 54.6 Å². The number of imidazole rings is 1. The van der Waals surface area contributed by atoms with E-state index in [1.54, 1.807) is 12.1 Å². The molecule has 2 aliphatic carbocycles. The number of rotatable bonds is 3. The van der Waals surface area contributed by atoms with Crippen LogP contribution in [0.4, 0.5) is 11.4 Å². The monoisotopic (exact) mass is 494 g/mol. The van der Waals surface area contributed by atoms with E-state index in [-0.39, 0.29) is 41.4 Å². The number of carbonyl (C=O) groups is 3. The van der Waals surface area contributed by atoms with Gasteiger partial charge in [0.2, 0.25) is 17.7 Å². The summed E-state index contributed by atoms with van der Waals surface area (Å²) >= 11 is 0. The Labute approximate surface area is 213 Å². The fourth-order valence-electron chi connectivity index (χ4n) is 6.34. The zero-order valence-electron chi connectivity index (χ0n) is 20.1. The molecule has 2 aliphatic heterocycles. The number of anilines is 2. The van der Waals surface area contributed by atoms with Crippen molar-refractivity contribution in [3.05, 3.63) is 66.8 Å². The molecule has 186 valence electrons. The number of aliphatic hydroxyl groups excluding tert-OH is 1. The van der Waals surface area contributed by atoms with Crippen LogP contribution in [0.25, 0.3) is 22.4 Å². The molecule has 1 aromatic heterocycles. The zero-order chi connectivity index (χ0) is 25.3. The Morgan fingerprint density at radius 1 is 0.757 bits per heavy atom. The van der Waals surface area contributed by atoms with Gasteiger partial charge in [-0.2, -0.15) is 0 Å². The van der Waals surface area contributed by atoms with E-state index in [1.165, 1.54) is 9.80 Å². The van der Waals surface area contributed by atoms with E-state index >= 15 is 0 Å². The van der Waals surface area contributed by atoms with Crippen LogP contribution in [-0.4, -0.2) is 39.0 Å². The first-order valence-corrected chi connectivity index (χ1v) is 12.8. The first kappa shape index (κ1) is 22.2. The molecule has 0 bridgehead atoms. The number of amides is 3. The zero-order valence-corrected chi connectivity index (χ0v) is 20.1. The van der Waals surface area contributed by atoms with Crippen molar-refractivity contribution >= 4 is 40.1 Å². The third-order valence-electron chi connectivity index (χ3n) is 8.33. The molecule has 3 amide bonds. The summed E-state index contributed by atoms with van der Waals surface area (Å²) in [4.78, 5) is 49.7. The average Bonchev–Trinajstić information content (AvgIpc) is 3.55. The molecule has 2 aromatic carbocycles. The van der Waals surface area contributed by atoms with Gasteiger partial charge in [0.05, 0.1) is 28.6 Å². The molecule has 3 aromatic rings. The maximum Gasteiger partial charge on any atom is 0.238 e. The van der Waals surface area contributed by atoms with Crippen molar-refractivity contribution in [2.75, 3.05) is 9.80 Å². The summed E-state index contributed by atoms with van der Waals surface area (Å²) in [5.41, 5.74) is 3.53. The van der Waals surface area contributed by atoms with Gasteiger partial charge in [0, 0.05) is 23.1 Å². The number of benzene rings is 2. The van der Waals surface area contributed by atoms with E-state index in [9.17, 15) is 19.5 Å². The lowest BCUT2D eigenvalue weighted by molar-refractivity contribution is -0.123. The lowest BCUT2D eigenvalue weighted by Gasteiger charge is -2.23. The lowest BCUT2D eigenvalue weighted by atomic mass is 9.85. The molecule has 2 fully saturated rings. The number of fused-ring (bicyclic) bond motifs is 3. The van der Waals surface area contributed by atoms with Crippen molar-refractivity contribution in [1.29, 1.82) is 0 Å². The van der Waals surface area contributed by atoms with Gasteiger partial charge < -0.3 is 10.1 Å². The van der Waals surface area contributed by atoms with Gasteiger partial charge >= 0.3 is 0 Å². The van der Waals surface area contributed by atoms with E-state index in [2.05, 4.69) is 9.97 Å². The molecule has 37 heavy (non-hydrogen) atoms. The first-order chi connectivity index (χ1) is 18.0. The van der Waals surface area contributed by atoms with E-state index in [0.717, 1.165) is 16.6 Å². The van der Waals surface area contributed by atoms with Crippen LogP contribution in [0.1, 0.15) is 25.7 Å². The summed E-state index contributed by atoms with van der Waals surface area (Å²) in [6, 6.07) is 12.8. The number of allylic oxidation sites excluding steroid dienone is 4. The molecular formula is C29H26N4O4. The van der Waals surface area contributed by atoms with E-state index in [0.29, 0.717) is 42.9 Å². The van der Waals surface area contributed by atoms with Crippen LogP contribution in [0.3, 0.4) is 0 Å². The molecule has 8 heteroatoms. The average molecular weight is 495 g/mol. The van der Waals surface area contributed by atoms with Gasteiger partial charge in [0.25, 0.3) is 0 Å². The summed E-state index contributed by atoms with van der Waals surface area (Å²) < 4.78 is 0. The second-order valence-electron chi connectivity index (χ2n) is 10.3. The van der Waals surface area contributed by atoms with Crippen molar-refractivity contribution in [1.82, 2.24) is 9.97 Å². The highest BCUT2D eigenvalue weighted by Crippen LogP contribution is 2.41. The smallest absolute Gasteiger partial charge is 0.238 e. The van der Waals surface area contributed by atoms with Crippen LogP contribution < -0.4 is 9.80 Å². The topological polar surface area (TPSA) is 107 Å². The van der Waals surface area contributed by atoms with Crippen LogP contribution in [0.15, 0.2) is 66.8 Å². The van der Waals surface area contributed by atoms with Gasteiger partial charge in [0.15, 0.2) is 0 Å². The largest absolute Gasteiger partial charge is 0.373 e. The molecular weight excluding hydrogens is 468 g/mol. The number of hydrogen-bond donors (Lipinski definition) is 2. The van der Waals surface area contributed by atoms with Crippen molar-refractivity contribution < 1.29 is 19.5 Å². The van der Waals surface area contributed by atoms with Gasteiger partial charge in [-0.3, -0.25) is 24.2 Å². The molecule has 5 atom stereocenters.